The molecule has 2 aromatic carbocycles. The summed E-state index contributed by atoms with van der Waals surface area (Å²) in [4.78, 5) is 27.7. The van der Waals surface area contributed by atoms with Gasteiger partial charge in [-0.25, -0.2) is 9.00 Å². The fourth-order valence-corrected chi connectivity index (χ4v) is 3.69. The van der Waals surface area contributed by atoms with Crippen LogP contribution in [0.3, 0.4) is 0 Å². The first-order chi connectivity index (χ1) is 14.3. The highest BCUT2D eigenvalue weighted by Gasteiger charge is 2.11. The molecular formula is C22H17N3O4S. The van der Waals surface area contributed by atoms with Crippen molar-refractivity contribution in [2.45, 2.75) is 4.90 Å². The summed E-state index contributed by atoms with van der Waals surface area (Å²) in [5, 5.41) is 11.0. The lowest BCUT2D eigenvalue weighted by molar-refractivity contribution is 0.100. The Morgan fingerprint density at radius 2 is 1.73 bits per heavy atom. The van der Waals surface area contributed by atoms with E-state index >= 15 is 0 Å². The number of hydrogen-bond donors (Lipinski definition) is 2. The lowest BCUT2D eigenvalue weighted by Crippen LogP contribution is -2.06. The van der Waals surface area contributed by atoms with Crippen molar-refractivity contribution in [2.24, 2.45) is 4.36 Å². The maximum atomic E-state index is 12.8. The molecule has 0 aliphatic heterocycles. The van der Waals surface area contributed by atoms with Gasteiger partial charge in [0.15, 0.2) is 0 Å². The molecule has 0 saturated carbocycles. The van der Waals surface area contributed by atoms with Gasteiger partial charge >= 0.3 is 6.09 Å². The highest BCUT2D eigenvalue weighted by atomic mass is 32.2. The van der Waals surface area contributed by atoms with E-state index in [4.69, 9.17) is 5.11 Å². The number of benzene rings is 2. The van der Waals surface area contributed by atoms with Crippen molar-refractivity contribution in [1.29, 1.82) is 0 Å². The first kappa shape index (κ1) is 20.8. The van der Waals surface area contributed by atoms with Crippen molar-refractivity contribution in [3.8, 4) is 11.8 Å². The van der Waals surface area contributed by atoms with Gasteiger partial charge in [-0.05, 0) is 36.4 Å². The zero-order valence-corrected chi connectivity index (χ0v) is 16.7. The molecule has 1 heterocycles. The Hall–Kier alpha value is -3.96. The number of carbonyl (C=O) groups is 2. The van der Waals surface area contributed by atoms with Crippen LogP contribution in [0.1, 0.15) is 21.5 Å². The van der Waals surface area contributed by atoms with Crippen LogP contribution >= 0.6 is 0 Å². The van der Waals surface area contributed by atoms with Gasteiger partial charge in [0.2, 0.25) is 0 Å². The summed E-state index contributed by atoms with van der Waals surface area (Å²) in [7, 11) is -2.88. The van der Waals surface area contributed by atoms with E-state index in [-0.39, 0.29) is 5.56 Å². The molecule has 0 fully saturated rings. The Morgan fingerprint density at radius 3 is 2.47 bits per heavy atom. The number of anilines is 1. The van der Waals surface area contributed by atoms with Gasteiger partial charge in [0.1, 0.15) is 0 Å². The van der Waals surface area contributed by atoms with Gasteiger partial charge in [-0.1, -0.05) is 36.1 Å². The van der Waals surface area contributed by atoms with E-state index in [1.54, 1.807) is 54.6 Å². The van der Waals surface area contributed by atoms with Crippen LogP contribution in [0, 0.1) is 11.8 Å². The van der Waals surface area contributed by atoms with Gasteiger partial charge in [-0.15, -0.1) is 0 Å². The molecule has 2 N–H and O–H groups in total. The fourth-order valence-electron chi connectivity index (χ4n) is 2.50. The van der Waals surface area contributed by atoms with Crippen molar-refractivity contribution in [1.82, 2.24) is 4.98 Å². The molecule has 150 valence electrons. The number of amides is 2. The standard InChI is InChI=1S/C22H17N3O4S/c1-30(29,20-8-3-2-4-9-20)25-21(26)18-12-17(14-23-15-18)11-10-16-6-5-7-19(13-16)24-22(27)28/h2-9,12-15,24H,1H3,(H,27,28)/t30-/m0/s1. The molecule has 1 aromatic heterocycles. The molecule has 0 aliphatic rings. The molecule has 7 nitrogen and oxygen atoms in total. The molecule has 2 amide bonds. The van der Waals surface area contributed by atoms with Gasteiger partial charge in [0.05, 0.1) is 15.3 Å². The minimum Gasteiger partial charge on any atom is -0.465 e. The first-order valence-corrected chi connectivity index (χ1v) is 10.6. The Kier molecular flexibility index (Phi) is 6.25. The van der Waals surface area contributed by atoms with Crippen molar-refractivity contribution in [3.05, 3.63) is 89.7 Å². The summed E-state index contributed by atoms with van der Waals surface area (Å²) < 4.78 is 16.7. The zero-order valence-electron chi connectivity index (χ0n) is 15.9. The molecule has 0 spiro atoms. The summed E-state index contributed by atoms with van der Waals surface area (Å²) in [5.41, 5.74) is 1.63. The Balaban J connectivity index is 1.85. The average molecular weight is 419 g/mol. The van der Waals surface area contributed by atoms with Crippen molar-refractivity contribution < 1.29 is 18.9 Å². The fraction of sp³-hybridized carbons (Fsp3) is 0.0455. The molecule has 0 radical (unpaired) electrons. The predicted octanol–water partition coefficient (Wildman–Crippen LogP) is 3.87. The van der Waals surface area contributed by atoms with E-state index in [9.17, 15) is 13.8 Å². The Bertz CT molecular complexity index is 1280. The van der Waals surface area contributed by atoms with E-state index < -0.39 is 21.7 Å². The third-order valence-electron chi connectivity index (χ3n) is 3.89. The van der Waals surface area contributed by atoms with E-state index in [0.29, 0.717) is 21.7 Å². The normalized spacial score (nSPS) is 12.0. The molecule has 0 saturated heterocycles. The number of carboxylic acid groups (broad SMARTS) is 1. The first-order valence-electron chi connectivity index (χ1n) is 8.72. The summed E-state index contributed by atoms with van der Waals surface area (Å²) in [6.45, 7) is 0. The lowest BCUT2D eigenvalue weighted by Gasteiger charge is -2.03. The number of rotatable bonds is 3. The predicted molar refractivity (Wildman–Crippen MR) is 114 cm³/mol. The van der Waals surface area contributed by atoms with Crippen molar-refractivity contribution >= 4 is 27.4 Å². The molecule has 8 heteroatoms. The Labute approximate surface area is 174 Å². The van der Waals surface area contributed by atoms with Gasteiger partial charge in [0.25, 0.3) is 5.91 Å². The van der Waals surface area contributed by atoms with E-state index in [1.165, 1.54) is 24.7 Å². The molecule has 3 rings (SSSR count). The molecule has 30 heavy (non-hydrogen) atoms. The second kappa shape index (κ2) is 9.03. The van der Waals surface area contributed by atoms with Gasteiger partial charge in [0, 0.05) is 40.4 Å². The molecular weight excluding hydrogens is 402 g/mol. The van der Waals surface area contributed by atoms with Crippen LogP contribution in [0.4, 0.5) is 10.5 Å². The van der Waals surface area contributed by atoms with Crippen LogP contribution in [0.5, 0.6) is 0 Å². The molecule has 0 bridgehead atoms. The van der Waals surface area contributed by atoms with Crippen molar-refractivity contribution in [3.63, 3.8) is 0 Å². The monoisotopic (exact) mass is 419 g/mol. The SMILES string of the molecule is C[S@@](=O)(=NC(=O)c1cncc(C#Cc2cccc(NC(=O)O)c2)c1)c1ccccc1. The number of hydrogen-bond acceptors (Lipinski definition) is 4. The van der Waals surface area contributed by atoms with Crippen molar-refractivity contribution in [2.75, 3.05) is 11.6 Å². The molecule has 0 aliphatic carbocycles. The van der Waals surface area contributed by atoms with E-state index in [1.807, 2.05) is 0 Å². The van der Waals surface area contributed by atoms with Crippen LogP contribution in [0.2, 0.25) is 0 Å². The summed E-state index contributed by atoms with van der Waals surface area (Å²) in [6, 6.07) is 16.7. The minimum atomic E-state index is -2.88. The lowest BCUT2D eigenvalue weighted by atomic mass is 10.1. The van der Waals surface area contributed by atoms with Crippen LogP contribution in [0.15, 0.2) is 82.3 Å². The smallest absolute Gasteiger partial charge is 0.409 e. The van der Waals surface area contributed by atoms with Crippen LogP contribution < -0.4 is 5.32 Å². The van der Waals surface area contributed by atoms with Gasteiger partial charge < -0.3 is 5.11 Å². The second-order valence-corrected chi connectivity index (χ2v) is 8.49. The third kappa shape index (κ3) is 5.53. The number of nitrogens with one attached hydrogen (secondary N) is 1. The average Bonchev–Trinajstić information content (AvgIpc) is 2.73. The number of carbonyl (C=O) groups excluding carboxylic acids is 1. The number of nitrogens with zero attached hydrogens (tertiary/aromatic N) is 2. The summed E-state index contributed by atoms with van der Waals surface area (Å²) in [6.07, 6.45) is 3.08. The molecule has 0 unspecified atom stereocenters. The van der Waals surface area contributed by atoms with Gasteiger partial charge in [-0.2, -0.15) is 4.36 Å². The second-order valence-electron chi connectivity index (χ2n) is 6.24. The summed E-state index contributed by atoms with van der Waals surface area (Å²) >= 11 is 0. The zero-order chi connectivity index (χ0) is 21.6. The maximum Gasteiger partial charge on any atom is 0.409 e. The summed E-state index contributed by atoms with van der Waals surface area (Å²) in [5.74, 6) is 5.13. The maximum absolute atomic E-state index is 12.8. The van der Waals surface area contributed by atoms with Crippen LogP contribution in [-0.4, -0.2) is 32.6 Å². The van der Waals surface area contributed by atoms with E-state index in [2.05, 4.69) is 26.5 Å². The Morgan fingerprint density at radius 1 is 1.00 bits per heavy atom. The molecule has 3 aromatic rings. The minimum absolute atomic E-state index is 0.175. The highest BCUT2D eigenvalue weighted by Crippen LogP contribution is 2.14. The quantitative estimate of drug-likeness (QED) is 0.627. The number of pyridine rings is 1. The van der Waals surface area contributed by atoms with Crippen LogP contribution in [-0.2, 0) is 9.73 Å². The molecule has 1 atom stereocenters. The van der Waals surface area contributed by atoms with Crippen LogP contribution in [0.25, 0.3) is 0 Å². The highest BCUT2D eigenvalue weighted by molar-refractivity contribution is 7.93. The topological polar surface area (TPSA) is 109 Å². The van der Waals surface area contributed by atoms with E-state index in [0.717, 1.165) is 0 Å². The van der Waals surface area contributed by atoms with Gasteiger partial charge in [-0.3, -0.25) is 15.1 Å². The largest absolute Gasteiger partial charge is 0.465 e. The third-order valence-corrected chi connectivity index (χ3v) is 5.55. The number of aromatic nitrogens is 1.